The standard InChI is InChI=1S/C14H22ClN3O/c1-11(10-16-14(17(2)3)18(4)5)19-13-9-7-6-8-12(13)15/h6-9,11H,10H2,1-5H3. The van der Waals surface area contributed by atoms with E-state index in [9.17, 15) is 0 Å². The van der Waals surface area contributed by atoms with E-state index >= 15 is 0 Å². The van der Waals surface area contributed by atoms with Crippen LogP contribution in [0.15, 0.2) is 29.3 Å². The average Bonchev–Trinajstić information content (AvgIpc) is 2.31. The van der Waals surface area contributed by atoms with Crippen LogP contribution in [0.4, 0.5) is 0 Å². The predicted octanol–water partition coefficient (Wildman–Crippen LogP) is 2.59. The van der Waals surface area contributed by atoms with Gasteiger partial charge in [-0.1, -0.05) is 23.7 Å². The summed E-state index contributed by atoms with van der Waals surface area (Å²) in [6.07, 6.45) is -0.0326. The third-order valence-corrected chi connectivity index (χ3v) is 2.77. The highest BCUT2D eigenvalue weighted by Gasteiger charge is 2.09. The van der Waals surface area contributed by atoms with Gasteiger partial charge < -0.3 is 14.5 Å². The summed E-state index contributed by atoms with van der Waals surface area (Å²) < 4.78 is 5.78. The molecule has 0 radical (unpaired) electrons. The van der Waals surface area contributed by atoms with E-state index in [2.05, 4.69) is 4.99 Å². The zero-order valence-corrected chi connectivity index (χ0v) is 13.0. The maximum atomic E-state index is 6.05. The smallest absolute Gasteiger partial charge is 0.195 e. The van der Waals surface area contributed by atoms with Gasteiger partial charge in [0, 0.05) is 28.2 Å². The van der Waals surface area contributed by atoms with Crippen molar-refractivity contribution >= 4 is 17.6 Å². The van der Waals surface area contributed by atoms with Crippen molar-refractivity contribution in [1.82, 2.24) is 9.80 Å². The molecule has 1 rings (SSSR count). The van der Waals surface area contributed by atoms with Crippen LogP contribution in [-0.4, -0.2) is 56.6 Å². The zero-order chi connectivity index (χ0) is 14.4. The summed E-state index contributed by atoms with van der Waals surface area (Å²) in [4.78, 5) is 8.50. The molecule has 1 atom stereocenters. The molecule has 0 heterocycles. The molecular formula is C14H22ClN3O. The van der Waals surface area contributed by atoms with Gasteiger partial charge in [-0.15, -0.1) is 0 Å². The molecule has 1 aromatic carbocycles. The lowest BCUT2D eigenvalue weighted by molar-refractivity contribution is 0.229. The lowest BCUT2D eigenvalue weighted by Gasteiger charge is -2.23. The molecule has 0 aliphatic heterocycles. The number of benzene rings is 1. The minimum absolute atomic E-state index is 0.0326. The molecule has 0 saturated heterocycles. The lowest BCUT2D eigenvalue weighted by Crippen LogP contribution is -2.36. The second-order valence-corrected chi connectivity index (χ2v) is 5.20. The lowest BCUT2D eigenvalue weighted by atomic mass is 10.3. The first-order valence-corrected chi connectivity index (χ1v) is 6.60. The van der Waals surface area contributed by atoms with Crippen LogP contribution in [0.5, 0.6) is 5.75 Å². The molecule has 1 aromatic rings. The third kappa shape index (κ3) is 4.99. The van der Waals surface area contributed by atoms with Gasteiger partial charge in [0.15, 0.2) is 5.96 Å². The van der Waals surface area contributed by atoms with Crippen LogP contribution in [0.1, 0.15) is 6.92 Å². The Labute approximate surface area is 120 Å². The summed E-state index contributed by atoms with van der Waals surface area (Å²) >= 11 is 6.05. The molecule has 0 spiro atoms. The van der Waals surface area contributed by atoms with Gasteiger partial charge in [-0.2, -0.15) is 0 Å². The van der Waals surface area contributed by atoms with E-state index in [1.165, 1.54) is 0 Å². The van der Waals surface area contributed by atoms with Gasteiger partial charge in [-0.05, 0) is 19.1 Å². The number of guanidine groups is 1. The van der Waals surface area contributed by atoms with Gasteiger partial charge in [-0.25, -0.2) is 4.99 Å². The number of para-hydroxylation sites is 1. The first-order chi connectivity index (χ1) is 8.91. The first kappa shape index (κ1) is 15.6. The quantitative estimate of drug-likeness (QED) is 0.628. The molecule has 0 bridgehead atoms. The Morgan fingerprint density at radius 2 is 1.79 bits per heavy atom. The minimum Gasteiger partial charge on any atom is -0.487 e. The molecule has 0 saturated carbocycles. The number of halogens is 1. The second kappa shape index (κ2) is 7.24. The normalized spacial score (nSPS) is 11.7. The second-order valence-electron chi connectivity index (χ2n) is 4.79. The summed E-state index contributed by atoms with van der Waals surface area (Å²) in [6.45, 7) is 2.56. The van der Waals surface area contributed by atoms with E-state index in [1.54, 1.807) is 0 Å². The SMILES string of the molecule is CC(CN=C(N(C)C)N(C)C)Oc1ccccc1Cl. The van der Waals surface area contributed by atoms with Crippen molar-refractivity contribution in [2.45, 2.75) is 13.0 Å². The zero-order valence-electron chi connectivity index (χ0n) is 12.2. The Bertz CT molecular complexity index is 422. The van der Waals surface area contributed by atoms with E-state index in [1.807, 2.05) is 69.2 Å². The number of aliphatic imine (C=N–C) groups is 1. The summed E-state index contributed by atoms with van der Waals surface area (Å²) in [5.41, 5.74) is 0. The minimum atomic E-state index is -0.0326. The van der Waals surface area contributed by atoms with E-state index < -0.39 is 0 Å². The summed E-state index contributed by atoms with van der Waals surface area (Å²) in [5.74, 6) is 1.61. The van der Waals surface area contributed by atoms with Crippen molar-refractivity contribution in [2.24, 2.45) is 4.99 Å². The molecule has 1 unspecified atom stereocenters. The summed E-state index contributed by atoms with van der Waals surface area (Å²) in [6, 6.07) is 7.47. The van der Waals surface area contributed by atoms with Crippen molar-refractivity contribution in [3.8, 4) is 5.75 Å². The van der Waals surface area contributed by atoms with Crippen molar-refractivity contribution in [2.75, 3.05) is 34.7 Å². The van der Waals surface area contributed by atoms with Crippen LogP contribution < -0.4 is 4.74 Å². The van der Waals surface area contributed by atoms with E-state index in [0.29, 0.717) is 17.3 Å². The Morgan fingerprint density at radius 3 is 2.32 bits per heavy atom. The number of rotatable bonds is 4. The predicted molar refractivity (Wildman–Crippen MR) is 81.2 cm³/mol. The van der Waals surface area contributed by atoms with Crippen LogP contribution in [-0.2, 0) is 0 Å². The molecule has 5 heteroatoms. The van der Waals surface area contributed by atoms with Gasteiger partial charge in [0.25, 0.3) is 0 Å². The maximum absolute atomic E-state index is 6.05. The fraction of sp³-hybridized carbons (Fsp3) is 0.500. The average molecular weight is 284 g/mol. The number of hydrogen-bond donors (Lipinski definition) is 0. The fourth-order valence-corrected chi connectivity index (χ4v) is 1.87. The Hall–Kier alpha value is -1.42. The summed E-state index contributed by atoms with van der Waals surface area (Å²) in [5, 5.41) is 0.624. The molecule has 19 heavy (non-hydrogen) atoms. The van der Waals surface area contributed by atoms with Crippen LogP contribution in [0.25, 0.3) is 0 Å². The maximum Gasteiger partial charge on any atom is 0.195 e. The number of nitrogens with zero attached hydrogens (tertiary/aromatic N) is 3. The van der Waals surface area contributed by atoms with Crippen molar-refractivity contribution in [1.29, 1.82) is 0 Å². The van der Waals surface area contributed by atoms with Crippen molar-refractivity contribution in [3.05, 3.63) is 29.3 Å². The molecule has 4 nitrogen and oxygen atoms in total. The third-order valence-electron chi connectivity index (χ3n) is 2.45. The fourth-order valence-electron chi connectivity index (χ4n) is 1.69. The van der Waals surface area contributed by atoms with Gasteiger partial charge in [0.05, 0.1) is 11.6 Å². The number of ether oxygens (including phenoxy) is 1. The largest absolute Gasteiger partial charge is 0.487 e. The van der Waals surface area contributed by atoms with Crippen molar-refractivity contribution in [3.63, 3.8) is 0 Å². The number of hydrogen-bond acceptors (Lipinski definition) is 2. The Morgan fingerprint density at radius 1 is 1.21 bits per heavy atom. The highest BCUT2D eigenvalue weighted by Crippen LogP contribution is 2.24. The van der Waals surface area contributed by atoms with Crippen LogP contribution >= 0.6 is 11.6 Å². The van der Waals surface area contributed by atoms with Gasteiger partial charge in [0.2, 0.25) is 0 Å². The molecule has 0 aliphatic carbocycles. The van der Waals surface area contributed by atoms with E-state index in [-0.39, 0.29) is 6.10 Å². The van der Waals surface area contributed by atoms with Crippen molar-refractivity contribution < 1.29 is 4.74 Å². The Balaban J connectivity index is 2.63. The van der Waals surface area contributed by atoms with Crippen LogP contribution in [0.2, 0.25) is 5.02 Å². The molecule has 106 valence electrons. The highest BCUT2D eigenvalue weighted by atomic mass is 35.5. The van der Waals surface area contributed by atoms with Crippen LogP contribution in [0, 0.1) is 0 Å². The topological polar surface area (TPSA) is 28.1 Å². The molecule has 0 aliphatic rings. The molecular weight excluding hydrogens is 262 g/mol. The van der Waals surface area contributed by atoms with Crippen LogP contribution in [0.3, 0.4) is 0 Å². The van der Waals surface area contributed by atoms with Gasteiger partial charge in [0.1, 0.15) is 11.9 Å². The molecule has 0 amide bonds. The molecule has 0 N–H and O–H groups in total. The Kier molecular flexibility index (Phi) is 5.96. The first-order valence-electron chi connectivity index (χ1n) is 6.22. The summed E-state index contributed by atoms with van der Waals surface area (Å²) in [7, 11) is 7.88. The van der Waals surface area contributed by atoms with Gasteiger partial charge >= 0.3 is 0 Å². The molecule has 0 aromatic heterocycles. The van der Waals surface area contributed by atoms with E-state index in [4.69, 9.17) is 16.3 Å². The highest BCUT2D eigenvalue weighted by molar-refractivity contribution is 6.32. The van der Waals surface area contributed by atoms with Gasteiger partial charge in [-0.3, -0.25) is 0 Å². The van der Waals surface area contributed by atoms with E-state index in [0.717, 1.165) is 5.96 Å². The monoisotopic (exact) mass is 283 g/mol. The molecule has 0 fully saturated rings.